The van der Waals surface area contributed by atoms with E-state index in [2.05, 4.69) is 16.0 Å². The summed E-state index contributed by atoms with van der Waals surface area (Å²) in [6.07, 6.45) is 0.0613. The van der Waals surface area contributed by atoms with E-state index in [9.17, 15) is 23.4 Å². The molecule has 33 heavy (non-hydrogen) atoms. The second kappa shape index (κ2) is 11.4. The van der Waals surface area contributed by atoms with Crippen molar-refractivity contribution < 1.29 is 23.4 Å². The Morgan fingerprint density at radius 3 is 2.15 bits per heavy atom. The first-order chi connectivity index (χ1) is 15.8. The lowest BCUT2D eigenvalue weighted by Crippen LogP contribution is -2.63. The van der Waals surface area contributed by atoms with E-state index in [1.165, 1.54) is 0 Å². The van der Waals surface area contributed by atoms with Gasteiger partial charge in [0, 0.05) is 17.1 Å². The van der Waals surface area contributed by atoms with Gasteiger partial charge in [0.2, 0.25) is 23.6 Å². The van der Waals surface area contributed by atoms with Gasteiger partial charge in [-0.1, -0.05) is 48.5 Å². The summed E-state index contributed by atoms with van der Waals surface area (Å²) in [5.74, 6) is -2.13. The summed E-state index contributed by atoms with van der Waals surface area (Å²) in [5, 5.41) is 7.68. The van der Waals surface area contributed by atoms with Crippen molar-refractivity contribution in [1.29, 1.82) is 0 Å². The van der Waals surface area contributed by atoms with Gasteiger partial charge in [-0.2, -0.15) is 0 Å². The Hall–Kier alpha value is -3.53. The van der Waals surface area contributed by atoms with Gasteiger partial charge >= 0.3 is 0 Å². The Kier molecular flexibility index (Phi) is 8.31. The minimum absolute atomic E-state index is 0.0744. The van der Waals surface area contributed by atoms with Crippen LogP contribution in [0.4, 0.5) is 0 Å². The van der Waals surface area contributed by atoms with Gasteiger partial charge in [0.25, 0.3) is 0 Å². The highest BCUT2D eigenvalue weighted by Crippen LogP contribution is 2.10. The lowest BCUT2D eigenvalue weighted by molar-refractivity contribution is -0.138. The first-order valence-electron chi connectivity index (χ1n) is 10.5. The van der Waals surface area contributed by atoms with E-state index >= 15 is 0 Å². The van der Waals surface area contributed by atoms with E-state index in [1.807, 2.05) is 30.3 Å². The number of nitrogens with one attached hydrogen (secondary N) is 3. The zero-order chi connectivity index (χ0) is 23.8. The minimum atomic E-state index is -1.35. The molecule has 2 aromatic rings. The van der Waals surface area contributed by atoms with Gasteiger partial charge in [0.15, 0.2) is 0 Å². The van der Waals surface area contributed by atoms with E-state index in [1.54, 1.807) is 30.3 Å². The van der Waals surface area contributed by atoms with Crippen LogP contribution in [-0.4, -0.2) is 51.7 Å². The van der Waals surface area contributed by atoms with Crippen LogP contribution in [-0.2, 0) is 36.4 Å². The first kappa shape index (κ1) is 24.1. The molecule has 2 aromatic carbocycles. The summed E-state index contributed by atoms with van der Waals surface area (Å²) in [5.41, 5.74) is 6.28. The number of rotatable bonds is 10. The van der Waals surface area contributed by atoms with Crippen molar-refractivity contribution in [3.63, 3.8) is 0 Å². The van der Waals surface area contributed by atoms with E-state index in [-0.39, 0.29) is 24.5 Å². The summed E-state index contributed by atoms with van der Waals surface area (Å²) in [6.45, 7) is 0. The molecule has 0 aliphatic carbocycles. The summed E-state index contributed by atoms with van der Waals surface area (Å²) in [4.78, 5) is 49.7. The third-order valence-electron chi connectivity index (χ3n) is 5.21. The number of benzene rings is 2. The monoisotopic (exact) mass is 470 g/mol. The molecule has 4 atom stereocenters. The maximum absolute atomic E-state index is 12.4. The van der Waals surface area contributed by atoms with E-state index in [0.717, 1.165) is 5.56 Å². The van der Waals surface area contributed by atoms with E-state index in [0.29, 0.717) is 11.3 Å². The van der Waals surface area contributed by atoms with Crippen molar-refractivity contribution in [3.8, 4) is 0 Å². The molecule has 1 saturated heterocycles. The Bertz CT molecular complexity index is 1030. The van der Waals surface area contributed by atoms with Crippen molar-refractivity contribution in [1.82, 2.24) is 16.0 Å². The Morgan fingerprint density at radius 1 is 0.939 bits per heavy atom. The summed E-state index contributed by atoms with van der Waals surface area (Å²) < 4.78 is 12.4. The molecule has 9 nitrogen and oxygen atoms in total. The molecule has 5 N–H and O–H groups in total. The van der Waals surface area contributed by atoms with Crippen LogP contribution < -0.4 is 21.7 Å². The number of amides is 4. The maximum atomic E-state index is 12.4. The summed E-state index contributed by atoms with van der Waals surface area (Å²) in [7, 11) is -1.35. The Labute approximate surface area is 194 Å². The highest BCUT2D eigenvalue weighted by atomic mass is 32.2. The number of hydrogen-bond donors (Lipinski definition) is 4. The molecular weight excluding hydrogens is 444 g/mol. The number of carbonyl (C=O) groups excluding carboxylic acids is 4. The second-order valence-electron chi connectivity index (χ2n) is 7.69. The van der Waals surface area contributed by atoms with Crippen molar-refractivity contribution in [2.24, 2.45) is 5.73 Å². The predicted octanol–water partition coefficient (Wildman–Crippen LogP) is -0.230. The Morgan fingerprint density at radius 2 is 1.52 bits per heavy atom. The van der Waals surface area contributed by atoms with Gasteiger partial charge in [0.05, 0.1) is 17.2 Å². The molecule has 0 radical (unpaired) electrons. The van der Waals surface area contributed by atoms with Crippen LogP contribution in [0.15, 0.2) is 65.6 Å². The molecule has 0 aromatic heterocycles. The summed E-state index contributed by atoms with van der Waals surface area (Å²) >= 11 is 0. The molecule has 10 heteroatoms. The topological polar surface area (TPSA) is 147 Å². The van der Waals surface area contributed by atoms with E-state index in [4.69, 9.17) is 5.73 Å². The molecular formula is C23H26N4O5S. The van der Waals surface area contributed by atoms with Gasteiger partial charge in [-0.3, -0.25) is 23.4 Å². The molecule has 4 amide bonds. The SMILES string of the molecule is NC(=O)[C@H](CC[S@@](=O)c1ccccc1)NC(=O)C[C@@H]1NC(=O)[C@H](Cc2ccccc2)NC1=O. The molecule has 0 bridgehead atoms. The third kappa shape index (κ3) is 6.98. The van der Waals surface area contributed by atoms with Crippen molar-refractivity contribution in [2.45, 2.75) is 42.3 Å². The fourth-order valence-corrected chi connectivity index (χ4v) is 4.60. The number of nitrogens with two attached hydrogens (primary N) is 1. The summed E-state index contributed by atoms with van der Waals surface area (Å²) in [6, 6.07) is 15.2. The fraction of sp³-hybridized carbons (Fsp3) is 0.304. The van der Waals surface area contributed by atoms with Crippen LogP contribution in [0.3, 0.4) is 0 Å². The average molecular weight is 471 g/mol. The van der Waals surface area contributed by atoms with E-state index < -0.39 is 46.6 Å². The second-order valence-corrected chi connectivity index (χ2v) is 9.26. The van der Waals surface area contributed by atoms with Crippen molar-refractivity contribution in [2.75, 3.05) is 5.75 Å². The molecule has 1 aliphatic rings. The highest BCUT2D eigenvalue weighted by molar-refractivity contribution is 7.85. The largest absolute Gasteiger partial charge is 0.368 e. The molecule has 3 rings (SSSR count). The zero-order valence-corrected chi connectivity index (χ0v) is 18.7. The molecule has 1 fully saturated rings. The number of carbonyl (C=O) groups is 4. The third-order valence-corrected chi connectivity index (χ3v) is 6.62. The number of piperazine rings is 1. The zero-order valence-electron chi connectivity index (χ0n) is 17.9. The normalized spacial score (nSPS) is 19.6. The van der Waals surface area contributed by atoms with Crippen LogP contribution in [0.1, 0.15) is 18.4 Å². The fourth-order valence-electron chi connectivity index (χ4n) is 3.45. The van der Waals surface area contributed by atoms with Crippen molar-refractivity contribution in [3.05, 3.63) is 66.2 Å². The first-order valence-corrected chi connectivity index (χ1v) is 11.8. The van der Waals surface area contributed by atoms with Gasteiger partial charge in [-0.05, 0) is 24.1 Å². The lowest BCUT2D eigenvalue weighted by atomic mass is 10.0. The molecule has 0 spiro atoms. The number of hydrogen-bond acceptors (Lipinski definition) is 5. The Balaban J connectivity index is 1.51. The van der Waals surface area contributed by atoms with Crippen LogP contribution in [0.2, 0.25) is 0 Å². The average Bonchev–Trinajstić information content (AvgIpc) is 2.80. The lowest BCUT2D eigenvalue weighted by Gasteiger charge is -2.29. The molecule has 1 aliphatic heterocycles. The molecule has 0 unspecified atom stereocenters. The molecule has 1 heterocycles. The van der Waals surface area contributed by atoms with Crippen molar-refractivity contribution >= 4 is 34.4 Å². The van der Waals surface area contributed by atoms with Gasteiger partial charge in [-0.25, -0.2) is 0 Å². The van der Waals surface area contributed by atoms with Crippen LogP contribution >= 0.6 is 0 Å². The van der Waals surface area contributed by atoms with Crippen LogP contribution in [0.25, 0.3) is 0 Å². The maximum Gasteiger partial charge on any atom is 0.243 e. The number of primary amides is 1. The standard InChI is InChI=1S/C23H26N4O5S/c24-21(29)17(11-12-33(32)16-9-5-2-6-10-16)25-20(28)14-19-23(31)26-18(22(30)27-19)13-15-7-3-1-4-8-15/h1-10,17-19H,11-14H2,(H2,24,29)(H,25,28)(H,26,31)(H,27,30)/t17-,18-,19-,33+/m0/s1. The smallest absolute Gasteiger partial charge is 0.243 e. The van der Waals surface area contributed by atoms with Gasteiger partial charge in [0.1, 0.15) is 18.1 Å². The predicted molar refractivity (Wildman–Crippen MR) is 122 cm³/mol. The quantitative estimate of drug-likeness (QED) is 0.379. The van der Waals surface area contributed by atoms with Gasteiger partial charge < -0.3 is 21.7 Å². The van der Waals surface area contributed by atoms with Gasteiger partial charge in [-0.15, -0.1) is 0 Å². The highest BCUT2D eigenvalue weighted by Gasteiger charge is 2.35. The minimum Gasteiger partial charge on any atom is -0.368 e. The molecule has 174 valence electrons. The molecule has 0 saturated carbocycles. The van der Waals surface area contributed by atoms with Crippen LogP contribution in [0.5, 0.6) is 0 Å². The van der Waals surface area contributed by atoms with Crippen LogP contribution in [0, 0.1) is 0 Å².